The highest BCUT2D eigenvalue weighted by Gasteiger charge is 2.35. The van der Waals surface area contributed by atoms with E-state index < -0.39 is 0 Å². The van der Waals surface area contributed by atoms with Crippen molar-refractivity contribution in [1.82, 2.24) is 29.6 Å². The third-order valence-electron chi connectivity index (χ3n) is 5.60. The van der Waals surface area contributed by atoms with E-state index in [9.17, 15) is 0 Å². The summed E-state index contributed by atoms with van der Waals surface area (Å²) in [6.45, 7) is 3.10. The quantitative estimate of drug-likeness (QED) is 0.492. The highest BCUT2D eigenvalue weighted by molar-refractivity contribution is 7.99. The summed E-state index contributed by atoms with van der Waals surface area (Å²) >= 11 is 1.57. The van der Waals surface area contributed by atoms with Gasteiger partial charge in [-0.1, -0.05) is 30.3 Å². The molecule has 0 bridgehead atoms. The smallest absolute Gasteiger partial charge is 0.194 e. The Balaban J connectivity index is 1.48. The molecule has 6 rings (SSSR count). The van der Waals surface area contributed by atoms with Crippen LogP contribution >= 0.6 is 11.8 Å². The first-order valence-electron chi connectivity index (χ1n) is 10.3. The predicted octanol–water partition coefficient (Wildman–Crippen LogP) is 3.75. The van der Waals surface area contributed by atoms with Gasteiger partial charge in [0.1, 0.15) is 11.2 Å². The van der Waals surface area contributed by atoms with E-state index in [-0.39, 0.29) is 6.17 Å². The molecular formula is C23H20N6OS. The Labute approximate surface area is 184 Å². The SMILES string of the molecule is c1ccc(-c2cnc3c(c2)[C@@H](N2CCOCC2)n2nc(-c4cccnc4)nc2S3)cc1. The van der Waals surface area contributed by atoms with Gasteiger partial charge in [-0.05, 0) is 35.5 Å². The van der Waals surface area contributed by atoms with Crippen LogP contribution in [-0.4, -0.2) is 55.9 Å². The second-order valence-electron chi connectivity index (χ2n) is 7.51. The molecule has 1 fully saturated rings. The molecule has 0 N–H and O–H groups in total. The molecule has 4 aromatic rings. The van der Waals surface area contributed by atoms with E-state index in [1.165, 1.54) is 0 Å². The Morgan fingerprint density at radius 1 is 0.935 bits per heavy atom. The van der Waals surface area contributed by atoms with Crippen LogP contribution in [0.25, 0.3) is 22.5 Å². The number of morpholine rings is 1. The molecule has 154 valence electrons. The van der Waals surface area contributed by atoms with Gasteiger partial charge in [-0.2, -0.15) is 0 Å². The number of ether oxygens (including phenoxy) is 1. The molecule has 2 aliphatic rings. The van der Waals surface area contributed by atoms with Gasteiger partial charge in [-0.15, -0.1) is 5.10 Å². The minimum atomic E-state index is -0.0655. The molecule has 0 amide bonds. The summed E-state index contributed by atoms with van der Waals surface area (Å²) in [6.07, 6.45) is 5.44. The summed E-state index contributed by atoms with van der Waals surface area (Å²) in [4.78, 5) is 16.3. The average molecular weight is 429 g/mol. The lowest BCUT2D eigenvalue weighted by molar-refractivity contribution is 0.00286. The average Bonchev–Trinajstić information content (AvgIpc) is 3.27. The van der Waals surface area contributed by atoms with Crippen molar-refractivity contribution in [1.29, 1.82) is 0 Å². The molecule has 7 nitrogen and oxygen atoms in total. The number of pyridine rings is 2. The Morgan fingerprint density at radius 2 is 1.77 bits per heavy atom. The van der Waals surface area contributed by atoms with E-state index in [0.29, 0.717) is 19.0 Å². The molecule has 0 spiro atoms. The van der Waals surface area contributed by atoms with E-state index >= 15 is 0 Å². The molecule has 0 saturated carbocycles. The van der Waals surface area contributed by atoms with Gasteiger partial charge in [-0.3, -0.25) is 9.88 Å². The van der Waals surface area contributed by atoms with Crippen molar-refractivity contribution >= 4 is 11.8 Å². The summed E-state index contributed by atoms with van der Waals surface area (Å²) in [5, 5.41) is 6.74. The third-order valence-corrected chi connectivity index (χ3v) is 6.59. The van der Waals surface area contributed by atoms with E-state index in [1.54, 1.807) is 24.2 Å². The largest absolute Gasteiger partial charge is 0.379 e. The van der Waals surface area contributed by atoms with Crippen molar-refractivity contribution in [2.45, 2.75) is 16.3 Å². The van der Waals surface area contributed by atoms with Crippen molar-refractivity contribution in [2.75, 3.05) is 26.3 Å². The number of rotatable bonds is 3. The van der Waals surface area contributed by atoms with Crippen LogP contribution < -0.4 is 0 Å². The van der Waals surface area contributed by atoms with Crippen molar-refractivity contribution in [2.24, 2.45) is 0 Å². The first kappa shape index (κ1) is 18.7. The van der Waals surface area contributed by atoms with Crippen molar-refractivity contribution in [3.05, 3.63) is 72.7 Å². The van der Waals surface area contributed by atoms with E-state index in [4.69, 9.17) is 19.8 Å². The molecule has 0 radical (unpaired) electrons. The third kappa shape index (κ3) is 3.42. The molecule has 3 aromatic heterocycles. The van der Waals surface area contributed by atoms with E-state index in [1.807, 2.05) is 29.1 Å². The van der Waals surface area contributed by atoms with Gasteiger partial charge in [-0.25, -0.2) is 14.6 Å². The Morgan fingerprint density at radius 3 is 2.58 bits per heavy atom. The van der Waals surface area contributed by atoms with Crippen LogP contribution in [0.15, 0.2) is 77.3 Å². The topological polar surface area (TPSA) is 69.0 Å². The summed E-state index contributed by atoms with van der Waals surface area (Å²) < 4.78 is 7.66. The van der Waals surface area contributed by atoms with Crippen LogP contribution in [0.2, 0.25) is 0 Å². The van der Waals surface area contributed by atoms with Gasteiger partial charge < -0.3 is 4.74 Å². The number of nitrogens with zero attached hydrogens (tertiary/aromatic N) is 6. The zero-order valence-electron chi connectivity index (χ0n) is 16.8. The molecule has 31 heavy (non-hydrogen) atoms. The second kappa shape index (κ2) is 7.88. The Kier molecular flexibility index (Phi) is 4.75. The maximum absolute atomic E-state index is 5.62. The van der Waals surface area contributed by atoms with Crippen molar-refractivity contribution in [3.8, 4) is 22.5 Å². The molecule has 0 aliphatic carbocycles. The van der Waals surface area contributed by atoms with Gasteiger partial charge >= 0.3 is 0 Å². The highest BCUT2D eigenvalue weighted by Crippen LogP contribution is 2.42. The summed E-state index contributed by atoms with van der Waals surface area (Å²) in [5.74, 6) is 0.685. The minimum Gasteiger partial charge on any atom is -0.379 e. The normalized spacial score (nSPS) is 18.4. The maximum atomic E-state index is 5.62. The van der Waals surface area contributed by atoms with Crippen LogP contribution in [0, 0.1) is 0 Å². The molecule has 1 saturated heterocycles. The second-order valence-corrected chi connectivity index (χ2v) is 8.47. The zero-order valence-corrected chi connectivity index (χ0v) is 17.6. The molecule has 8 heteroatoms. The van der Waals surface area contributed by atoms with Gasteiger partial charge in [0, 0.05) is 48.4 Å². The fourth-order valence-corrected chi connectivity index (χ4v) is 5.00. The van der Waals surface area contributed by atoms with Gasteiger partial charge in [0.05, 0.1) is 13.2 Å². The lowest BCUT2D eigenvalue weighted by Crippen LogP contribution is -2.43. The minimum absolute atomic E-state index is 0.0655. The van der Waals surface area contributed by atoms with Gasteiger partial charge in [0.25, 0.3) is 0 Å². The van der Waals surface area contributed by atoms with Crippen LogP contribution in [0.1, 0.15) is 11.7 Å². The Hall–Kier alpha value is -3.07. The predicted molar refractivity (Wildman–Crippen MR) is 118 cm³/mol. The molecule has 2 aliphatic heterocycles. The lowest BCUT2D eigenvalue weighted by atomic mass is 10.0. The molecular weight excluding hydrogens is 408 g/mol. The van der Waals surface area contributed by atoms with Crippen molar-refractivity contribution in [3.63, 3.8) is 0 Å². The Bertz CT molecular complexity index is 1210. The van der Waals surface area contributed by atoms with Crippen LogP contribution in [0.5, 0.6) is 0 Å². The molecule has 0 unspecified atom stereocenters. The van der Waals surface area contributed by atoms with Gasteiger partial charge in [0.15, 0.2) is 11.0 Å². The maximum Gasteiger partial charge on any atom is 0.194 e. The standard InChI is InChI=1S/C23H20N6OS/c1-2-5-16(6-3-1)18-13-19-21(25-15-18)31-23-26-20(17-7-4-8-24-14-17)27-29(23)22(19)28-9-11-30-12-10-28/h1-8,13-15,22H,9-12H2/t22-/m0/s1. The number of hydrogen-bond acceptors (Lipinski definition) is 7. The monoisotopic (exact) mass is 428 g/mol. The highest BCUT2D eigenvalue weighted by atomic mass is 32.2. The fraction of sp³-hybridized carbons (Fsp3) is 0.217. The van der Waals surface area contributed by atoms with E-state index in [2.05, 4.69) is 40.2 Å². The summed E-state index contributed by atoms with van der Waals surface area (Å²) in [5.41, 5.74) is 4.33. The number of benzene rings is 1. The fourth-order valence-electron chi connectivity index (χ4n) is 4.07. The van der Waals surface area contributed by atoms with Crippen LogP contribution in [-0.2, 0) is 4.74 Å². The first-order chi connectivity index (χ1) is 15.4. The summed E-state index contributed by atoms with van der Waals surface area (Å²) in [6, 6.07) is 16.5. The number of aromatic nitrogens is 5. The van der Waals surface area contributed by atoms with Crippen molar-refractivity contribution < 1.29 is 4.74 Å². The van der Waals surface area contributed by atoms with E-state index in [0.717, 1.165) is 45.5 Å². The number of hydrogen-bond donors (Lipinski definition) is 0. The first-order valence-corrected chi connectivity index (χ1v) is 11.1. The zero-order chi connectivity index (χ0) is 20.6. The molecule has 5 heterocycles. The molecule has 1 aromatic carbocycles. The van der Waals surface area contributed by atoms with Gasteiger partial charge in [0.2, 0.25) is 0 Å². The van der Waals surface area contributed by atoms with Crippen LogP contribution in [0.3, 0.4) is 0 Å². The lowest BCUT2D eigenvalue weighted by Gasteiger charge is -2.37. The molecule has 1 atom stereocenters. The number of fused-ring (bicyclic) bond motifs is 2. The summed E-state index contributed by atoms with van der Waals surface area (Å²) in [7, 11) is 0. The van der Waals surface area contributed by atoms with Crippen LogP contribution in [0.4, 0.5) is 0 Å².